The first-order valence-corrected chi connectivity index (χ1v) is 7.33. The topological polar surface area (TPSA) is 37.8 Å². The number of rotatable bonds is 6. The number of hydrogen-bond acceptors (Lipinski definition) is 3. The van der Waals surface area contributed by atoms with Crippen LogP contribution >= 0.6 is 11.6 Å². The van der Waals surface area contributed by atoms with E-state index in [1.807, 2.05) is 18.3 Å². The van der Waals surface area contributed by atoms with E-state index in [1.165, 1.54) is 5.56 Å². The number of aryl methyl sites for hydroxylation is 1. The van der Waals surface area contributed by atoms with Crippen molar-refractivity contribution in [3.63, 3.8) is 0 Å². The molecular formula is C16H20ClN3. The van der Waals surface area contributed by atoms with Gasteiger partial charge in [0.1, 0.15) is 0 Å². The van der Waals surface area contributed by atoms with Crippen molar-refractivity contribution in [1.82, 2.24) is 15.5 Å². The monoisotopic (exact) mass is 289 g/mol. The predicted octanol–water partition coefficient (Wildman–Crippen LogP) is 3.72. The first-order valence-electron chi connectivity index (χ1n) is 6.95. The second-order valence-corrected chi connectivity index (χ2v) is 5.39. The van der Waals surface area contributed by atoms with Crippen molar-refractivity contribution in [2.75, 3.05) is 6.54 Å². The summed E-state index contributed by atoms with van der Waals surface area (Å²) in [6, 6.07) is 8.43. The van der Waals surface area contributed by atoms with Crippen LogP contribution < -0.4 is 5.32 Å². The van der Waals surface area contributed by atoms with E-state index < -0.39 is 0 Å². The van der Waals surface area contributed by atoms with E-state index in [-0.39, 0.29) is 6.04 Å². The maximum Gasteiger partial charge on any atom is 0.0544 e. The smallest absolute Gasteiger partial charge is 0.0544 e. The SMILES string of the molecule is CCCNC(Cc1ccc(C)cc1Cl)c1ccnnc1. The summed E-state index contributed by atoms with van der Waals surface area (Å²) in [5, 5.41) is 12.2. The van der Waals surface area contributed by atoms with Crippen LogP contribution in [0.4, 0.5) is 0 Å². The minimum Gasteiger partial charge on any atom is -0.310 e. The third kappa shape index (κ3) is 4.02. The number of nitrogens with zero attached hydrogens (tertiary/aromatic N) is 2. The zero-order valence-electron chi connectivity index (χ0n) is 11.9. The van der Waals surface area contributed by atoms with Crippen LogP contribution in [0.5, 0.6) is 0 Å². The molecule has 0 saturated heterocycles. The van der Waals surface area contributed by atoms with Gasteiger partial charge in [-0.3, -0.25) is 0 Å². The van der Waals surface area contributed by atoms with Gasteiger partial charge in [0.05, 0.1) is 6.20 Å². The highest BCUT2D eigenvalue weighted by atomic mass is 35.5. The molecule has 4 heteroatoms. The zero-order chi connectivity index (χ0) is 14.4. The highest BCUT2D eigenvalue weighted by Crippen LogP contribution is 2.24. The average molecular weight is 290 g/mol. The van der Waals surface area contributed by atoms with Gasteiger partial charge in [-0.2, -0.15) is 10.2 Å². The lowest BCUT2D eigenvalue weighted by atomic mass is 9.99. The van der Waals surface area contributed by atoms with Crippen molar-refractivity contribution in [3.8, 4) is 0 Å². The average Bonchev–Trinajstić information content (AvgIpc) is 2.46. The fourth-order valence-corrected chi connectivity index (χ4v) is 2.48. The van der Waals surface area contributed by atoms with E-state index in [0.717, 1.165) is 35.5 Å². The van der Waals surface area contributed by atoms with E-state index in [2.05, 4.69) is 41.5 Å². The summed E-state index contributed by atoms with van der Waals surface area (Å²) in [4.78, 5) is 0. The Morgan fingerprint density at radius 3 is 2.75 bits per heavy atom. The maximum absolute atomic E-state index is 6.34. The van der Waals surface area contributed by atoms with Crippen molar-refractivity contribution in [3.05, 3.63) is 58.4 Å². The van der Waals surface area contributed by atoms with Crippen molar-refractivity contribution in [1.29, 1.82) is 0 Å². The van der Waals surface area contributed by atoms with E-state index in [9.17, 15) is 0 Å². The first kappa shape index (κ1) is 14.9. The molecular weight excluding hydrogens is 270 g/mol. The molecule has 106 valence electrons. The number of hydrogen-bond donors (Lipinski definition) is 1. The van der Waals surface area contributed by atoms with Gasteiger partial charge in [-0.05, 0) is 55.1 Å². The number of halogens is 1. The van der Waals surface area contributed by atoms with Crippen LogP contribution in [0.15, 0.2) is 36.7 Å². The highest BCUT2D eigenvalue weighted by Gasteiger charge is 2.13. The Bertz CT molecular complexity index is 543. The maximum atomic E-state index is 6.34. The van der Waals surface area contributed by atoms with Gasteiger partial charge in [-0.25, -0.2) is 0 Å². The molecule has 0 bridgehead atoms. The largest absolute Gasteiger partial charge is 0.310 e. The minimum atomic E-state index is 0.214. The molecule has 1 aromatic carbocycles. The molecule has 0 spiro atoms. The molecule has 0 aliphatic heterocycles. The van der Waals surface area contributed by atoms with Gasteiger partial charge in [0.15, 0.2) is 0 Å². The van der Waals surface area contributed by atoms with Crippen LogP contribution in [0, 0.1) is 6.92 Å². The molecule has 0 radical (unpaired) electrons. The van der Waals surface area contributed by atoms with Crippen molar-refractivity contribution in [2.45, 2.75) is 32.7 Å². The van der Waals surface area contributed by atoms with Crippen LogP contribution in [0.25, 0.3) is 0 Å². The molecule has 1 heterocycles. The Kier molecular flexibility index (Phi) is 5.50. The van der Waals surface area contributed by atoms with Crippen LogP contribution in [-0.4, -0.2) is 16.7 Å². The molecule has 1 unspecified atom stereocenters. The summed E-state index contributed by atoms with van der Waals surface area (Å²) in [6.45, 7) is 5.18. The molecule has 2 aromatic rings. The number of nitrogens with one attached hydrogen (secondary N) is 1. The Balaban J connectivity index is 2.19. The molecule has 3 nitrogen and oxygen atoms in total. The number of benzene rings is 1. The molecule has 1 N–H and O–H groups in total. The van der Waals surface area contributed by atoms with Gasteiger partial charge in [0.25, 0.3) is 0 Å². The Labute approximate surface area is 125 Å². The van der Waals surface area contributed by atoms with Gasteiger partial charge >= 0.3 is 0 Å². The molecule has 20 heavy (non-hydrogen) atoms. The molecule has 1 aromatic heterocycles. The molecule has 2 rings (SSSR count). The minimum absolute atomic E-state index is 0.214. The second-order valence-electron chi connectivity index (χ2n) is 4.98. The molecule has 0 aliphatic rings. The zero-order valence-corrected chi connectivity index (χ0v) is 12.7. The summed E-state index contributed by atoms with van der Waals surface area (Å²) in [5.41, 5.74) is 3.48. The summed E-state index contributed by atoms with van der Waals surface area (Å²) >= 11 is 6.34. The lowest BCUT2D eigenvalue weighted by Gasteiger charge is -2.19. The third-order valence-corrected chi connectivity index (χ3v) is 3.63. The normalized spacial score (nSPS) is 12.3. The van der Waals surface area contributed by atoms with E-state index in [1.54, 1.807) is 6.20 Å². The summed E-state index contributed by atoms with van der Waals surface area (Å²) in [6.07, 6.45) is 5.49. The van der Waals surface area contributed by atoms with Gasteiger partial charge in [0, 0.05) is 17.3 Å². The number of aromatic nitrogens is 2. The van der Waals surface area contributed by atoms with Gasteiger partial charge in [-0.1, -0.05) is 30.7 Å². The molecule has 1 atom stereocenters. The summed E-state index contributed by atoms with van der Waals surface area (Å²) in [5.74, 6) is 0. The lowest BCUT2D eigenvalue weighted by Crippen LogP contribution is -2.24. The van der Waals surface area contributed by atoms with Crippen LogP contribution in [-0.2, 0) is 6.42 Å². The quantitative estimate of drug-likeness (QED) is 0.881. The van der Waals surface area contributed by atoms with Crippen LogP contribution in [0.1, 0.15) is 36.1 Å². The highest BCUT2D eigenvalue weighted by molar-refractivity contribution is 6.31. The Morgan fingerprint density at radius 2 is 2.10 bits per heavy atom. The second kappa shape index (κ2) is 7.36. The summed E-state index contributed by atoms with van der Waals surface area (Å²) < 4.78 is 0. The van der Waals surface area contributed by atoms with Crippen molar-refractivity contribution >= 4 is 11.6 Å². The summed E-state index contributed by atoms with van der Waals surface area (Å²) in [7, 11) is 0. The molecule has 0 saturated carbocycles. The van der Waals surface area contributed by atoms with Crippen LogP contribution in [0.3, 0.4) is 0 Å². The molecule has 0 aliphatic carbocycles. The van der Waals surface area contributed by atoms with E-state index in [0.29, 0.717) is 0 Å². The fraction of sp³-hybridized carbons (Fsp3) is 0.375. The van der Waals surface area contributed by atoms with E-state index >= 15 is 0 Å². The lowest BCUT2D eigenvalue weighted by molar-refractivity contribution is 0.526. The standard InChI is InChI=1S/C16H20ClN3/c1-3-7-18-16(14-6-8-19-20-11-14)10-13-5-4-12(2)9-15(13)17/h4-6,8-9,11,16,18H,3,7,10H2,1-2H3. The molecule has 0 fully saturated rings. The van der Waals surface area contributed by atoms with Crippen LogP contribution in [0.2, 0.25) is 5.02 Å². The molecule has 0 amide bonds. The van der Waals surface area contributed by atoms with Gasteiger partial charge in [-0.15, -0.1) is 0 Å². The van der Waals surface area contributed by atoms with Gasteiger partial charge in [0.2, 0.25) is 0 Å². The van der Waals surface area contributed by atoms with Crippen molar-refractivity contribution < 1.29 is 0 Å². The Hall–Kier alpha value is -1.45. The predicted molar refractivity (Wildman–Crippen MR) is 83.0 cm³/mol. The van der Waals surface area contributed by atoms with Crippen molar-refractivity contribution in [2.24, 2.45) is 0 Å². The van der Waals surface area contributed by atoms with Gasteiger partial charge < -0.3 is 5.32 Å². The Morgan fingerprint density at radius 1 is 1.25 bits per heavy atom. The van der Waals surface area contributed by atoms with E-state index in [4.69, 9.17) is 11.6 Å². The third-order valence-electron chi connectivity index (χ3n) is 3.28. The fourth-order valence-electron chi connectivity index (χ4n) is 2.17. The first-order chi connectivity index (χ1) is 9.70.